The molecule has 0 saturated carbocycles. The van der Waals surface area contributed by atoms with Gasteiger partial charge in [0.25, 0.3) is 0 Å². The fraction of sp³-hybridized carbons (Fsp3) is 0. The zero-order valence-electron chi connectivity index (χ0n) is 7.09. The number of hydrogen-bond donors (Lipinski definition) is 2. The molecule has 0 aliphatic carbocycles. The molecule has 1 heterocycles. The average molecular weight is 197 g/mol. The third-order valence-corrected chi connectivity index (χ3v) is 1.72. The standard InChI is InChI=1S/C8H8FN3O2/c9-6-1-3-7(4-2-6)11-5-8(10)12(13)14-11/h1-5,13H,10H2. The molecule has 0 saturated heterocycles. The molecular weight excluding hydrogens is 189 g/mol. The third-order valence-electron chi connectivity index (χ3n) is 1.72. The molecular formula is C8H8FN3O2. The SMILES string of the molecule is NC1=CN(c2ccc(F)cc2)ON1O. The van der Waals surface area contributed by atoms with E-state index in [2.05, 4.69) is 0 Å². The first kappa shape index (κ1) is 8.79. The monoisotopic (exact) mass is 197 g/mol. The Kier molecular flexibility index (Phi) is 1.99. The average Bonchev–Trinajstić information content (AvgIpc) is 2.48. The van der Waals surface area contributed by atoms with E-state index in [1.807, 2.05) is 0 Å². The minimum atomic E-state index is -0.342. The summed E-state index contributed by atoms with van der Waals surface area (Å²) in [6.07, 6.45) is 1.37. The van der Waals surface area contributed by atoms with Crippen LogP contribution in [-0.2, 0) is 4.94 Å². The third kappa shape index (κ3) is 1.48. The van der Waals surface area contributed by atoms with Crippen molar-refractivity contribution in [3.05, 3.63) is 42.1 Å². The first-order chi connectivity index (χ1) is 6.66. The molecule has 74 valence electrons. The fourth-order valence-corrected chi connectivity index (χ4v) is 1.03. The van der Waals surface area contributed by atoms with Crippen molar-refractivity contribution in [1.82, 2.24) is 5.23 Å². The summed E-state index contributed by atoms with van der Waals surface area (Å²) < 4.78 is 12.6. The number of halogens is 1. The van der Waals surface area contributed by atoms with Gasteiger partial charge in [0.05, 0.1) is 11.9 Å². The van der Waals surface area contributed by atoms with Gasteiger partial charge in [-0.2, -0.15) is 5.06 Å². The van der Waals surface area contributed by atoms with Gasteiger partial charge < -0.3 is 5.73 Å². The zero-order chi connectivity index (χ0) is 10.1. The summed E-state index contributed by atoms with van der Waals surface area (Å²) in [6.45, 7) is 0. The highest BCUT2D eigenvalue weighted by molar-refractivity contribution is 5.47. The molecule has 1 aliphatic heterocycles. The number of rotatable bonds is 1. The molecule has 0 radical (unpaired) electrons. The molecule has 2 rings (SSSR count). The summed E-state index contributed by atoms with van der Waals surface area (Å²) in [5, 5.41) is 10.6. The Morgan fingerprint density at radius 2 is 1.93 bits per heavy atom. The summed E-state index contributed by atoms with van der Waals surface area (Å²) in [5.41, 5.74) is 5.89. The van der Waals surface area contributed by atoms with Crippen molar-refractivity contribution in [2.45, 2.75) is 0 Å². The van der Waals surface area contributed by atoms with Gasteiger partial charge in [-0.25, -0.2) is 4.39 Å². The second-order valence-electron chi connectivity index (χ2n) is 2.71. The van der Waals surface area contributed by atoms with E-state index in [0.29, 0.717) is 10.9 Å². The Balaban J connectivity index is 2.22. The Hall–Kier alpha value is -1.79. The molecule has 0 amide bonds. The van der Waals surface area contributed by atoms with Gasteiger partial charge in [0.15, 0.2) is 5.82 Å². The largest absolute Gasteiger partial charge is 0.380 e. The van der Waals surface area contributed by atoms with Crippen LogP contribution >= 0.6 is 0 Å². The highest BCUT2D eigenvalue weighted by atomic mass is 19.1. The summed E-state index contributed by atoms with van der Waals surface area (Å²) in [4.78, 5) is 4.78. The molecule has 1 aromatic carbocycles. The Morgan fingerprint density at radius 1 is 1.29 bits per heavy atom. The zero-order valence-corrected chi connectivity index (χ0v) is 7.09. The molecule has 0 bridgehead atoms. The van der Waals surface area contributed by atoms with Crippen LogP contribution in [0.1, 0.15) is 0 Å². The minimum absolute atomic E-state index is 0.0503. The first-order valence-electron chi connectivity index (χ1n) is 3.86. The smallest absolute Gasteiger partial charge is 0.176 e. The van der Waals surface area contributed by atoms with Crippen LogP contribution in [-0.4, -0.2) is 10.4 Å². The van der Waals surface area contributed by atoms with E-state index in [4.69, 9.17) is 15.9 Å². The van der Waals surface area contributed by atoms with Gasteiger partial charge in [-0.15, -0.1) is 4.94 Å². The van der Waals surface area contributed by atoms with Gasteiger partial charge in [0.2, 0.25) is 0 Å². The van der Waals surface area contributed by atoms with Crippen molar-refractivity contribution in [1.29, 1.82) is 0 Å². The molecule has 6 heteroatoms. The predicted octanol–water partition coefficient (Wildman–Crippen LogP) is 0.941. The molecule has 3 N–H and O–H groups in total. The van der Waals surface area contributed by atoms with Crippen molar-refractivity contribution >= 4 is 5.69 Å². The normalized spacial score (nSPS) is 16.0. The number of benzene rings is 1. The van der Waals surface area contributed by atoms with E-state index in [1.165, 1.54) is 35.5 Å². The Bertz CT molecular complexity index is 365. The lowest BCUT2D eigenvalue weighted by Gasteiger charge is -2.14. The van der Waals surface area contributed by atoms with Crippen LogP contribution in [0.3, 0.4) is 0 Å². The van der Waals surface area contributed by atoms with Crippen LogP contribution < -0.4 is 10.8 Å². The lowest BCUT2D eigenvalue weighted by molar-refractivity contribution is -0.304. The van der Waals surface area contributed by atoms with E-state index in [9.17, 15) is 4.39 Å². The number of nitrogens with two attached hydrogens (primary N) is 1. The predicted molar refractivity (Wildman–Crippen MR) is 45.9 cm³/mol. The van der Waals surface area contributed by atoms with Crippen LogP contribution in [0.25, 0.3) is 0 Å². The highest BCUT2D eigenvalue weighted by Gasteiger charge is 2.19. The number of nitrogens with zero attached hydrogens (tertiary/aromatic N) is 2. The summed E-state index contributed by atoms with van der Waals surface area (Å²) in [7, 11) is 0. The van der Waals surface area contributed by atoms with Crippen LogP contribution in [0.2, 0.25) is 0 Å². The second-order valence-corrected chi connectivity index (χ2v) is 2.71. The van der Waals surface area contributed by atoms with Gasteiger partial charge in [-0.3, -0.25) is 5.21 Å². The molecule has 1 aliphatic rings. The second kappa shape index (κ2) is 3.17. The van der Waals surface area contributed by atoms with Gasteiger partial charge >= 0.3 is 0 Å². The maximum absolute atomic E-state index is 12.6. The van der Waals surface area contributed by atoms with Gasteiger partial charge in [0, 0.05) is 0 Å². The fourth-order valence-electron chi connectivity index (χ4n) is 1.03. The van der Waals surface area contributed by atoms with Crippen molar-refractivity contribution in [3.8, 4) is 0 Å². The summed E-state index contributed by atoms with van der Waals surface area (Å²) in [6, 6.07) is 5.56. The number of anilines is 1. The summed E-state index contributed by atoms with van der Waals surface area (Å²) in [5.74, 6) is -0.292. The molecule has 14 heavy (non-hydrogen) atoms. The minimum Gasteiger partial charge on any atom is -0.380 e. The Morgan fingerprint density at radius 3 is 2.43 bits per heavy atom. The first-order valence-corrected chi connectivity index (χ1v) is 3.86. The van der Waals surface area contributed by atoms with Crippen molar-refractivity contribution < 1.29 is 14.5 Å². The molecule has 0 aromatic heterocycles. The van der Waals surface area contributed by atoms with E-state index in [0.717, 1.165) is 0 Å². The van der Waals surface area contributed by atoms with Crippen LogP contribution in [0, 0.1) is 5.82 Å². The molecule has 0 fully saturated rings. The van der Waals surface area contributed by atoms with E-state index < -0.39 is 0 Å². The maximum atomic E-state index is 12.6. The van der Waals surface area contributed by atoms with Gasteiger partial charge in [-0.05, 0) is 24.3 Å². The van der Waals surface area contributed by atoms with Gasteiger partial charge in [0.1, 0.15) is 5.82 Å². The van der Waals surface area contributed by atoms with Crippen LogP contribution in [0.4, 0.5) is 10.1 Å². The van der Waals surface area contributed by atoms with Crippen molar-refractivity contribution in [2.24, 2.45) is 5.73 Å². The molecule has 5 nitrogen and oxygen atoms in total. The van der Waals surface area contributed by atoms with E-state index >= 15 is 0 Å². The van der Waals surface area contributed by atoms with Crippen molar-refractivity contribution in [2.75, 3.05) is 5.06 Å². The number of hydrogen-bond acceptors (Lipinski definition) is 5. The lowest BCUT2D eigenvalue weighted by Crippen LogP contribution is -2.22. The van der Waals surface area contributed by atoms with Gasteiger partial charge in [-0.1, -0.05) is 5.23 Å². The maximum Gasteiger partial charge on any atom is 0.176 e. The van der Waals surface area contributed by atoms with E-state index in [-0.39, 0.29) is 11.6 Å². The van der Waals surface area contributed by atoms with Crippen LogP contribution in [0.15, 0.2) is 36.3 Å². The molecule has 0 spiro atoms. The molecule has 1 aromatic rings. The molecule has 0 unspecified atom stereocenters. The highest BCUT2D eigenvalue weighted by Crippen LogP contribution is 2.21. The van der Waals surface area contributed by atoms with Crippen molar-refractivity contribution in [3.63, 3.8) is 0 Å². The molecule has 0 atom stereocenters. The quantitative estimate of drug-likeness (QED) is 0.701. The lowest BCUT2D eigenvalue weighted by atomic mass is 10.3. The topological polar surface area (TPSA) is 62.0 Å². The van der Waals surface area contributed by atoms with E-state index in [1.54, 1.807) is 0 Å². The van der Waals surface area contributed by atoms with Crippen LogP contribution in [0.5, 0.6) is 0 Å². The number of hydroxylamine groups is 3. The Labute approximate surface area is 79.3 Å². The summed E-state index contributed by atoms with van der Waals surface area (Å²) >= 11 is 0.